The molecule has 6 nitrogen and oxygen atoms in total. The van der Waals surface area contributed by atoms with Crippen LogP contribution >= 0.6 is 11.6 Å². The molecule has 0 aromatic heterocycles. The Morgan fingerprint density at radius 3 is 2.71 bits per heavy atom. The smallest absolute Gasteiger partial charge is 0.225 e. The predicted molar refractivity (Wildman–Crippen MR) is 94.2 cm³/mol. The lowest BCUT2D eigenvalue weighted by molar-refractivity contribution is -0.139. The SMILES string of the molecule is NC(=NN=Nc1cccc(Cl)c1)C1CCCN(C(=O)C2CCC2)C1. The van der Waals surface area contributed by atoms with Gasteiger partial charge in [0.05, 0.1) is 5.69 Å². The minimum Gasteiger partial charge on any atom is -0.385 e. The Bertz CT molecular complexity index is 656. The van der Waals surface area contributed by atoms with Gasteiger partial charge in [0.1, 0.15) is 5.84 Å². The number of hydrogen-bond donors (Lipinski definition) is 1. The minimum absolute atomic E-state index is 0.0566. The number of rotatable bonds is 4. The summed E-state index contributed by atoms with van der Waals surface area (Å²) in [5, 5.41) is 12.4. The van der Waals surface area contributed by atoms with Crippen LogP contribution in [0, 0.1) is 11.8 Å². The average Bonchev–Trinajstić information content (AvgIpc) is 2.53. The van der Waals surface area contributed by atoms with E-state index in [1.165, 1.54) is 6.42 Å². The molecule has 2 N–H and O–H groups in total. The van der Waals surface area contributed by atoms with Crippen molar-refractivity contribution < 1.29 is 4.79 Å². The second-order valence-electron chi connectivity index (χ2n) is 6.45. The van der Waals surface area contributed by atoms with E-state index in [4.69, 9.17) is 17.3 Å². The predicted octanol–water partition coefficient (Wildman–Crippen LogP) is 3.73. The van der Waals surface area contributed by atoms with Crippen molar-refractivity contribution in [1.29, 1.82) is 0 Å². The van der Waals surface area contributed by atoms with Crippen LogP contribution in [0.1, 0.15) is 32.1 Å². The highest BCUT2D eigenvalue weighted by atomic mass is 35.5. The Labute approximate surface area is 146 Å². The number of carbonyl (C=O) groups is 1. The van der Waals surface area contributed by atoms with Gasteiger partial charge in [-0.2, -0.15) is 0 Å². The number of nitrogens with zero attached hydrogens (tertiary/aromatic N) is 4. The molecule has 1 saturated heterocycles. The van der Waals surface area contributed by atoms with E-state index in [9.17, 15) is 4.79 Å². The van der Waals surface area contributed by atoms with Gasteiger partial charge in [-0.1, -0.05) is 24.1 Å². The van der Waals surface area contributed by atoms with Crippen molar-refractivity contribution in [3.05, 3.63) is 29.3 Å². The molecule has 2 fully saturated rings. The molecule has 24 heavy (non-hydrogen) atoms. The molecule has 0 radical (unpaired) electrons. The van der Waals surface area contributed by atoms with E-state index >= 15 is 0 Å². The molecule has 1 unspecified atom stereocenters. The zero-order chi connectivity index (χ0) is 16.9. The van der Waals surface area contributed by atoms with Crippen LogP contribution in [0.15, 0.2) is 39.7 Å². The molecule has 128 valence electrons. The summed E-state index contributed by atoms with van der Waals surface area (Å²) in [6.45, 7) is 1.46. The van der Waals surface area contributed by atoms with Crippen LogP contribution in [0.25, 0.3) is 0 Å². The summed E-state index contributed by atoms with van der Waals surface area (Å²) in [5.74, 6) is 0.997. The third-order valence-electron chi connectivity index (χ3n) is 4.73. The zero-order valence-corrected chi connectivity index (χ0v) is 14.3. The molecular weight excluding hydrogens is 326 g/mol. The summed E-state index contributed by atoms with van der Waals surface area (Å²) < 4.78 is 0. The van der Waals surface area contributed by atoms with Crippen LogP contribution in [-0.4, -0.2) is 29.7 Å². The zero-order valence-electron chi connectivity index (χ0n) is 13.6. The number of hydrogen-bond acceptors (Lipinski definition) is 3. The van der Waals surface area contributed by atoms with Gasteiger partial charge in [-0.25, -0.2) is 0 Å². The summed E-state index contributed by atoms with van der Waals surface area (Å²) in [6, 6.07) is 7.07. The van der Waals surface area contributed by atoms with Crippen LogP contribution in [0.4, 0.5) is 5.69 Å². The van der Waals surface area contributed by atoms with Crippen LogP contribution < -0.4 is 5.73 Å². The van der Waals surface area contributed by atoms with Gasteiger partial charge in [-0.15, -0.1) is 10.2 Å². The van der Waals surface area contributed by atoms with Crippen molar-refractivity contribution >= 4 is 29.0 Å². The number of halogens is 1. The second-order valence-corrected chi connectivity index (χ2v) is 6.88. The van der Waals surface area contributed by atoms with Crippen LogP contribution in [0.2, 0.25) is 5.02 Å². The molecule has 1 amide bonds. The van der Waals surface area contributed by atoms with Crippen molar-refractivity contribution in [3.63, 3.8) is 0 Å². The quantitative estimate of drug-likeness (QED) is 0.389. The minimum atomic E-state index is 0.0566. The first-order valence-corrected chi connectivity index (χ1v) is 8.79. The fourth-order valence-corrected chi connectivity index (χ4v) is 3.26. The Hall–Kier alpha value is -1.95. The Kier molecular flexibility index (Phi) is 5.45. The number of piperidine rings is 1. The molecule has 0 bridgehead atoms. The lowest BCUT2D eigenvalue weighted by Crippen LogP contribution is -2.47. The summed E-state index contributed by atoms with van der Waals surface area (Å²) in [5.41, 5.74) is 6.69. The maximum atomic E-state index is 12.4. The van der Waals surface area contributed by atoms with Crippen molar-refractivity contribution in [1.82, 2.24) is 4.90 Å². The van der Waals surface area contributed by atoms with E-state index in [1.54, 1.807) is 24.3 Å². The molecule has 1 aromatic rings. The molecule has 2 aliphatic rings. The van der Waals surface area contributed by atoms with E-state index in [0.717, 1.165) is 32.2 Å². The largest absolute Gasteiger partial charge is 0.385 e. The summed E-state index contributed by atoms with van der Waals surface area (Å²) >= 11 is 5.90. The van der Waals surface area contributed by atoms with E-state index in [0.29, 0.717) is 23.1 Å². The summed E-state index contributed by atoms with van der Waals surface area (Å²) in [6.07, 6.45) is 5.09. The van der Waals surface area contributed by atoms with E-state index in [1.807, 2.05) is 4.90 Å². The Balaban J connectivity index is 1.59. The highest BCUT2D eigenvalue weighted by Crippen LogP contribution is 2.30. The van der Waals surface area contributed by atoms with Crippen LogP contribution in [0.3, 0.4) is 0 Å². The first-order valence-electron chi connectivity index (χ1n) is 8.42. The molecule has 1 aliphatic heterocycles. The van der Waals surface area contributed by atoms with Gasteiger partial charge >= 0.3 is 0 Å². The monoisotopic (exact) mass is 347 g/mol. The number of likely N-dealkylation sites (tertiary alicyclic amines) is 1. The molecule has 1 saturated carbocycles. The van der Waals surface area contributed by atoms with Crippen molar-refractivity contribution in [2.45, 2.75) is 32.1 Å². The molecular formula is C17H22ClN5O. The van der Waals surface area contributed by atoms with Gasteiger partial charge in [-0.3, -0.25) is 4.79 Å². The van der Waals surface area contributed by atoms with E-state index in [-0.39, 0.29) is 17.7 Å². The van der Waals surface area contributed by atoms with Crippen molar-refractivity contribution in [2.75, 3.05) is 13.1 Å². The van der Waals surface area contributed by atoms with E-state index < -0.39 is 0 Å². The molecule has 3 rings (SSSR count). The number of carbonyl (C=O) groups excluding carboxylic acids is 1. The van der Waals surface area contributed by atoms with Crippen molar-refractivity contribution in [2.24, 2.45) is 33.0 Å². The second kappa shape index (κ2) is 7.75. The lowest BCUT2D eigenvalue weighted by atomic mass is 9.83. The molecule has 1 aliphatic carbocycles. The average molecular weight is 348 g/mol. The van der Waals surface area contributed by atoms with Crippen LogP contribution in [0.5, 0.6) is 0 Å². The van der Waals surface area contributed by atoms with Gasteiger partial charge in [0, 0.05) is 29.9 Å². The molecule has 7 heteroatoms. The van der Waals surface area contributed by atoms with Gasteiger partial charge in [-0.05, 0) is 49.1 Å². The molecule has 1 atom stereocenters. The lowest BCUT2D eigenvalue weighted by Gasteiger charge is -2.36. The number of amides is 1. The van der Waals surface area contributed by atoms with Crippen LogP contribution in [-0.2, 0) is 4.79 Å². The number of amidine groups is 1. The first kappa shape index (κ1) is 16.9. The fourth-order valence-electron chi connectivity index (χ4n) is 3.08. The molecule has 1 heterocycles. The normalized spacial score (nSPS) is 22.6. The van der Waals surface area contributed by atoms with Gasteiger partial charge in [0.25, 0.3) is 0 Å². The maximum absolute atomic E-state index is 12.4. The fraction of sp³-hybridized carbons (Fsp3) is 0.529. The first-order chi connectivity index (χ1) is 11.6. The maximum Gasteiger partial charge on any atom is 0.225 e. The highest BCUT2D eigenvalue weighted by Gasteiger charge is 2.33. The molecule has 0 spiro atoms. The van der Waals surface area contributed by atoms with Gasteiger partial charge < -0.3 is 10.6 Å². The third-order valence-corrected chi connectivity index (χ3v) is 4.97. The van der Waals surface area contributed by atoms with Crippen molar-refractivity contribution in [3.8, 4) is 0 Å². The number of benzene rings is 1. The summed E-state index contributed by atoms with van der Waals surface area (Å²) in [7, 11) is 0. The summed E-state index contributed by atoms with van der Waals surface area (Å²) in [4.78, 5) is 14.3. The van der Waals surface area contributed by atoms with Gasteiger partial charge in [0.15, 0.2) is 0 Å². The highest BCUT2D eigenvalue weighted by molar-refractivity contribution is 6.30. The molecule has 1 aromatic carbocycles. The third kappa shape index (κ3) is 4.12. The number of nitrogens with two attached hydrogens (primary N) is 1. The van der Waals surface area contributed by atoms with E-state index in [2.05, 4.69) is 15.4 Å². The topological polar surface area (TPSA) is 83.4 Å². The Morgan fingerprint density at radius 1 is 1.21 bits per heavy atom. The Morgan fingerprint density at radius 2 is 2.00 bits per heavy atom. The standard InChI is InChI=1S/C17H22ClN5O/c18-14-7-2-8-15(10-14)20-22-21-16(19)13-6-3-9-23(11-13)17(24)12-4-1-5-12/h2,7-8,10,12-13H,1,3-6,9,11H2,(H2,19,20,21). The van der Waals surface area contributed by atoms with Gasteiger partial charge in [0.2, 0.25) is 5.91 Å².